The van der Waals surface area contributed by atoms with Crippen molar-refractivity contribution >= 4 is 17.8 Å². The Morgan fingerprint density at radius 3 is 2.47 bits per heavy atom. The standard InChI is InChI=1S/C12H18N2O3/c1-2-3-5-8-6-4-7-12(8)9(15)13-11(17)14-10(12)16/h8H,2-7H2,1H3,(H2,13,14,15,16,17). The van der Waals surface area contributed by atoms with Crippen LogP contribution in [0.25, 0.3) is 0 Å². The molecule has 1 saturated carbocycles. The van der Waals surface area contributed by atoms with Crippen LogP contribution in [-0.2, 0) is 9.59 Å². The molecule has 1 saturated heterocycles. The van der Waals surface area contributed by atoms with Crippen molar-refractivity contribution in [3.05, 3.63) is 0 Å². The van der Waals surface area contributed by atoms with Gasteiger partial charge < -0.3 is 0 Å². The number of urea groups is 1. The number of hydrogen-bond acceptors (Lipinski definition) is 3. The minimum atomic E-state index is -0.983. The molecule has 17 heavy (non-hydrogen) atoms. The number of unbranched alkanes of at least 4 members (excludes halogenated alkanes) is 1. The molecule has 1 heterocycles. The van der Waals surface area contributed by atoms with Gasteiger partial charge in [0, 0.05) is 0 Å². The van der Waals surface area contributed by atoms with E-state index in [4.69, 9.17) is 0 Å². The number of hydrogen-bond donors (Lipinski definition) is 2. The fraction of sp³-hybridized carbons (Fsp3) is 0.750. The maximum atomic E-state index is 12.0. The molecule has 5 nitrogen and oxygen atoms in total. The number of barbiturate groups is 1. The van der Waals surface area contributed by atoms with Crippen LogP contribution >= 0.6 is 0 Å². The van der Waals surface area contributed by atoms with Gasteiger partial charge in [0.25, 0.3) is 0 Å². The second-order valence-corrected chi connectivity index (χ2v) is 4.94. The molecule has 0 aromatic heterocycles. The van der Waals surface area contributed by atoms with Crippen LogP contribution in [0.3, 0.4) is 0 Å². The molecule has 1 aliphatic carbocycles. The van der Waals surface area contributed by atoms with Crippen LogP contribution in [0, 0.1) is 11.3 Å². The Bertz CT molecular complexity index is 345. The van der Waals surface area contributed by atoms with E-state index in [-0.39, 0.29) is 5.92 Å². The van der Waals surface area contributed by atoms with Crippen molar-refractivity contribution < 1.29 is 14.4 Å². The van der Waals surface area contributed by atoms with Gasteiger partial charge in [-0.2, -0.15) is 0 Å². The molecule has 2 aliphatic rings. The molecule has 1 unspecified atom stereocenters. The maximum Gasteiger partial charge on any atom is 0.328 e. The minimum absolute atomic E-state index is 0.0792. The molecule has 0 radical (unpaired) electrons. The first-order valence-corrected chi connectivity index (χ1v) is 6.28. The van der Waals surface area contributed by atoms with Crippen molar-refractivity contribution in [2.45, 2.75) is 45.4 Å². The molecule has 1 atom stereocenters. The Labute approximate surface area is 100 Å². The summed E-state index contributed by atoms with van der Waals surface area (Å²) in [7, 11) is 0. The molecule has 1 aliphatic heterocycles. The third-order valence-corrected chi connectivity index (χ3v) is 3.99. The minimum Gasteiger partial charge on any atom is -0.277 e. The van der Waals surface area contributed by atoms with E-state index >= 15 is 0 Å². The Hall–Kier alpha value is -1.39. The van der Waals surface area contributed by atoms with Crippen LogP contribution in [0.2, 0.25) is 0 Å². The Balaban J connectivity index is 2.22. The highest BCUT2D eigenvalue weighted by Gasteiger charge is 2.57. The maximum absolute atomic E-state index is 12.0. The third kappa shape index (κ3) is 1.83. The van der Waals surface area contributed by atoms with Crippen molar-refractivity contribution in [1.29, 1.82) is 0 Å². The monoisotopic (exact) mass is 238 g/mol. The zero-order valence-corrected chi connectivity index (χ0v) is 10.0. The third-order valence-electron chi connectivity index (χ3n) is 3.99. The molecule has 2 N–H and O–H groups in total. The van der Waals surface area contributed by atoms with Crippen LogP contribution in [0.15, 0.2) is 0 Å². The molecule has 0 aromatic rings. The number of nitrogens with one attached hydrogen (secondary N) is 2. The molecule has 4 amide bonds. The Kier molecular flexibility index (Phi) is 3.17. The zero-order valence-electron chi connectivity index (χ0n) is 10.0. The van der Waals surface area contributed by atoms with Crippen molar-refractivity contribution in [2.24, 2.45) is 11.3 Å². The van der Waals surface area contributed by atoms with E-state index in [1.807, 2.05) is 0 Å². The molecular weight excluding hydrogens is 220 g/mol. The van der Waals surface area contributed by atoms with Crippen LogP contribution in [-0.4, -0.2) is 17.8 Å². The lowest BCUT2D eigenvalue weighted by molar-refractivity contribution is -0.147. The van der Waals surface area contributed by atoms with E-state index in [1.165, 1.54) is 0 Å². The van der Waals surface area contributed by atoms with Gasteiger partial charge in [0.15, 0.2) is 0 Å². The number of imide groups is 2. The van der Waals surface area contributed by atoms with Gasteiger partial charge in [-0.05, 0) is 25.2 Å². The first-order chi connectivity index (χ1) is 8.11. The fourth-order valence-corrected chi connectivity index (χ4v) is 3.08. The van der Waals surface area contributed by atoms with Crippen LogP contribution in [0.1, 0.15) is 45.4 Å². The van der Waals surface area contributed by atoms with Gasteiger partial charge in [-0.25, -0.2) is 4.79 Å². The van der Waals surface area contributed by atoms with E-state index < -0.39 is 23.3 Å². The summed E-state index contributed by atoms with van der Waals surface area (Å²) in [6, 6.07) is -0.688. The molecule has 94 valence electrons. The summed E-state index contributed by atoms with van der Waals surface area (Å²) in [6.45, 7) is 2.09. The van der Waals surface area contributed by atoms with Gasteiger partial charge in [0.2, 0.25) is 11.8 Å². The summed E-state index contributed by atoms with van der Waals surface area (Å²) in [6.07, 6.45) is 5.28. The molecule has 1 spiro atoms. The lowest BCUT2D eigenvalue weighted by Gasteiger charge is -2.35. The van der Waals surface area contributed by atoms with E-state index in [0.29, 0.717) is 6.42 Å². The highest BCUT2D eigenvalue weighted by molar-refractivity contribution is 6.19. The predicted molar refractivity (Wildman–Crippen MR) is 61.0 cm³/mol. The topological polar surface area (TPSA) is 75.3 Å². The quantitative estimate of drug-likeness (QED) is 0.728. The fourth-order valence-electron chi connectivity index (χ4n) is 3.08. The van der Waals surface area contributed by atoms with Crippen molar-refractivity contribution in [3.63, 3.8) is 0 Å². The van der Waals surface area contributed by atoms with Gasteiger partial charge in [-0.3, -0.25) is 20.2 Å². The average Bonchev–Trinajstić information content (AvgIpc) is 2.68. The summed E-state index contributed by atoms with van der Waals surface area (Å²) in [4.78, 5) is 35.1. The number of carbonyl (C=O) groups is 3. The highest BCUT2D eigenvalue weighted by Crippen LogP contribution is 2.47. The summed E-state index contributed by atoms with van der Waals surface area (Å²) in [5.41, 5.74) is -0.983. The summed E-state index contributed by atoms with van der Waals surface area (Å²) in [5, 5.41) is 4.48. The van der Waals surface area contributed by atoms with Crippen molar-refractivity contribution in [3.8, 4) is 0 Å². The second-order valence-electron chi connectivity index (χ2n) is 4.94. The second kappa shape index (κ2) is 4.47. The van der Waals surface area contributed by atoms with Gasteiger partial charge in [-0.1, -0.05) is 26.2 Å². The van der Waals surface area contributed by atoms with Crippen LogP contribution < -0.4 is 10.6 Å². The zero-order chi connectivity index (χ0) is 12.5. The van der Waals surface area contributed by atoms with Crippen LogP contribution in [0.5, 0.6) is 0 Å². The molecule has 5 heteroatoms. The SMILES string of the molecule is CCCCC1CCCC12C(=O)NC(=O)NC2=O. The number of carbonyl (C=O) groups excluding carboxylic acids is 3. The predicted octanol–water partition coefficient (Wildman–Crippen LogP) is 1.33. The normalized spacial score (nSPS) is 27.1. The van der Waals surface area contributed by atoms with Crippen molar-refractivity contribution in [1.82, 2.24) is 10.6 Å². The average molecular weight is 238 g/mol. The van der Waals surface area contributed by atoms with Crippen molar-refractivity contribution in [2.75, 3.05) is 0 Å². The first-order valence-electron chi connectivity index (χ1n) is 6.28. The van der Waals surface area contributed by atoms with Crippen LogP contribution in [0.4, 0.5) is 4.79 Å². The Morgan fingerprint density at radius 1 is 1.24 bits per heavy atom. The molecule has 0 aromatic carbocycles. The van der Waals surface area contributed by atoms with E-state index in [0.717, 1.165) is 32.1 Å². The summed E-state index contributed by atoms with van der Waals surface area (Å²) in [5.74, 6) is -0.717. The van der Waals surface area contributed by atoms with Gasteiger partial charge >= 0.3 is 6.03 Å². The summed E-state index contributed by atoms with van der Waals surface area (Å²) < 4.78 is 0. The molecule has 0 bridgehead atoms. The van der Waals surface area contributed by atoms with E-state index in [1.54, 1.807) is 0 Å². The smallest absolute Gasteiger partial charge is 0.277 e. The summed E-state index contributed by atoms with van der Waals surface area (Å²) >= 11 is 0. The van der Waals surface area contributed by atoms with E-state index in [9.17, 15) is 14.4 Å². The highest BCUT2D eigenvalue weighted by atomic mass is 16.2. The lowest BCUT2D eigenvalue weighted by Crippen LogP contribution is -2.63. The van der Waals surface area contributed by atoms with Gasteiger partial charge in [0.1, 0.15) is 5.41 Å². The molecule has 2 rings (SSSR count). The van der Waals surface area contributed by atoms with Gasteiger partial charge in [-0.15, -0.1) is 0 Å². The van der Waals surface area contributed by atoms with E-state index in [2.05, 4.69) is 17.6 Å². The number of amides is 4. The largest absolute Gasteiger partial charge is 0.328 e. The Morgan fingerprint density at radius 2 is 1.88 bits per heavy atom. The first kappa shape index (κ1) is 12.1. The van der Waals surface area contributed by atoms with Gasteiger partial charge in [0.05, 0.1) is 0 Å². The molecule has 2 fully saturated rings. The molecular formula is C12H18N2O3. The number of rotatable bonds is 3. The lowest BCUT2D eigenvalue weighted by atomic mass is 9.73.